The highest BCUT2D eigenvalue weighted by Crippen LogP contribution is 2.31. The summed E-state index contributed by atoms with van der Waals surface area (Å²) in [5.74, 6) is 0. The van der Waals surface area contributed by atoms with Crippen LogP contribution in [-0.2, 0) is 0 Å². The fourth-order valence-corrected chi connectivity index (χ4v) is 2.42. The van der Waals surface area contributed by atoms with Crippen LogP contribution in [0.25, 0.3) is 11.1 Å². The summed E-state index contributed by atoms with van der Waals surface area (Å²) in [4.78, 5) is 0. The van der Waals surface area contributed by atoms with E-state index in [0.717, 1.165) is 12.8 Å². The minimum Gasteiger partial charge on any atom is -0.0622 e. The first-order chi connectivity index (χ1) is 8.93. The quantitative estimate of drug-likeness (QED) is 0.687. The fourth-order valence-electron chi connectivity index (χ4n) is 2.42. The van der Waals surface area contributed by atoms with Gasteiger partial charge in [0.1, 0.15) is 0 Å². The van der Waals surface area contributed by atoms with Gasteiger partial charge in [0, 0.05) is 0 Å². The number of hydrogen-bond donors (Lipinski definition) is 0. The minimum absolute atomic E-state index is 1.13. The molecule has 0 unspecified atom stereocenters. The van der Waals surface area contributed by atoms with Gasteiger partial charge in [-0.3, -0.25) is 0 Å². The van der Waals surface area contributed by atoms with Crippen molar-refractivity contribution in [3.05, 3.63) is 83.9 Å². The van der Waals surface area contributed by atoms with E-state index in [1.54, 1.807) is 0 Å². The third-order valence-corrected chi connectivity index (χ3v) is 3.44. The largest absolute Gasteiger partial charge is 0.0622 e. The van der Waals surface area contributed by atoms with Crippen molar-refractivity contribution in [1.82, 2.24) is 0 Å². The van der Waals surface area contributed by atoms with Crippen LogP contribution in [0, 0.1) is 0 Å². The maximum Gasteiger partial charge on any atom is -0.0224 e. The highest BCUT2D eigenvalue weighted by atomic mass is 14.1. The highest BCUT2D eigenvalue weighted by Gasteiger charge is 2.09. The Labute approximate surface area is 108 Å². The van der Waals surface area contributed by atoms with Crippen LogP contribution in [-0.4, -0.2) is 0 Å². The second-order valence-electron chi connectivity index (χ2n) is 4.62. The standard InChI is InChI=1S/C18H16/c1-3-7-15(8-4-1)17-11-13-18(14-12-17)16-9-5-2-6-10-16/h1-11,13H,12,14H2. The molecule has 0 saturated heterocycles. The van der Waals surface area contributed by atoms with E-state index in [-0.39, 0.29) is 0 Å². The average molecular weight is 232 g/mol. The number of benzene rings is 2. The molecule has 88 valence electrons. The van der Waals surface area contributed by atoms with E-state index in [0.29, 0.717) is 0 Å². The average Bonchev–Trinajstić information content (AvgIpc) is 2.49. The van der Waals surface area contributed by atoms with Crippen LogP contribution in [0.15, 0.2) is 72.8 Å². The van der Waals surface area contributed by atoms with Gasteiger partial charge in [0.05, 0.1) is 0 Å². The first-order valence-corrected chi connectivity index (χ1v) is 6.44. The molecule has 0 radical (unpaired) electrons. The Morgan fingerprint density at radius 3 is 1.22 bits per heavy atom. The molecule has 0 spiro atoms. The third kappa shape index (κ3) is 2.28. The molecule has 0 bridgehead atoms. The van der Waals surface area contributed by atoms with Gasteiger partial charge >= 0.3 is 0 Å². The van der Waals surface area contributed by atoms with E-state index in [1.165, 1.54) is 22.3 Å². The van der Waals surface area contributed by atoms with Gasteiger partial charge in [-0.05, 0) is 35.1 Å². The van der Waals surface area contributed by atoms with Crippen LogP contribution >= 0.6 is 0 Å². The van der Waals surface area contributed by atoms with Crippen LogP contribution < -0.4 is 0 Å². The van der Waals surface area contributed by atoms with Gasteiger partial charge in [0.2, 0.25) is 0 Å². The smallest absolute Gasteiger partial charge is 0.0224 e. The fraction of sp³-hybridized carbons (Fsp3) is 0.111. The van der Waals surface area contributed by atoms with Crippen LogP contribution in [0.3, 0.4) is 0 Å². The molecule has 0 fully saturated rings. The molecular weight excluding hydrogens is 216 g/mol. The van der Waals surface area contributed by atoms with Crippen molar-refractivity contribution in [1.29, 1.82) is 0 Å². The van der Waals surface area contributed by atoms with Crippen molar-refractivity contribution in [3.8, 4) is 0 Å². The Hall–Kier alpha value is -2.08. The topological polar surface area (TPSA) is 0 Å². The molecule has 0 atom stereocenters. The van der Waals surface area contributed by atoms with Gasteiger partial charge in [-0.25, -0.2) is 0 Å². The van der Waals surface area contributed by atoms with Crippen molar-refractivity contribution in [2.75, 3.05) is 0 Å². The Balaban J connectivity index is 1.88. The summed E-state index contributed by atoms with van der Waals surface area (Å²) < 4.78 is 0. The second kappa shape index (κ2) is 5.05. The van der Waals surface area contributed by atoms with Crippen molar-refractivity contribution in [2.24, 2.45) is 0 Å². The lowest BCUT2D eigenvalue weighted by molar-refractivity contribution is 1.07. The molecule has 3 rings (SSSR count). The summed E-state index contributed by atoms with van der Waals surface area (Å²) in [6, 6.07) is 21.3. The summed E-state index contributed by atoms with van der Waals surface area (Å²) in [6.45, 7) is 0. The summed E-state index contributed by atoms with van der Waals surface area (Å²) in [6.07, 6.45) is 6.79. The first kappa shape index (κ1) is 11.0. The lowest BCUT2D eigenvalue weighted by Gasteiger charge is -2.15. The van der Waals surface area contributed by atoms with Gasteiger partial charge in [0.15, 0.2) is 0 Å². The van der Waals surface area contributed by atoms with E-state index >= 15 is 0 Å². The molecule has 2 aromatic rings. The van der Waals surface area contributed by atoms with Crippen molar-refractivity contribution >= 4 is 11.1 Å². The predicted octanol–water partition coefficient (Wildman–Crippen LogP) is 4.95. The summed E-state index contributed by atoms with van der Waals surface area (Å²) in [5, 5.41) is 0. The van der Waals surface area contributed by atoms with Crippen molar-refractivity contribution in [2.45, 2.75) is 12.8 Å². The second-order valence-corrected chi connectivity index (χ2v) is 4.62. The van der Waals surface area contributed by atoms with E-state index in [4.69, 9.17) is 0 Å². The molecule has 18 heavy (non-hydrogen) atoms. The molecule has 1 aliphatic carbocycles. The summed E-state index contributed by atoms with van der Waals surface area (Å²) in [5.41, 5.74) is 5.58. The molecule has 0 heterocycles. The molecule has 0 heteroatoms. The van der Waals surface area contributed by atoms with E-state index in [2.05, 4.69) is 72.8 Å². The van der Waals surface area contributed by atoms with Gasteiger partial charge < -0.3 is 0 Å². The molecular formula is C18H16. The first-order valence-electron chi connectivity index (χ1n) is 6.44. The predicted molar refractivity (Wildman–Crippen MR) is 78.1 cm³/mol. The third-order valence-electron chi connectivity index (χ3n) is 3.44. The van der Waals surface area contributed by atoms with E-state index in [1.807, 2.05) is 0 Å². The maximum atomic E-state index is 2.27. The Morgan fingerprint density at radius 2 is 0.889 bits per heavy atom. The minimum atomic E-state index is 1.13. The molecule has 0 N–H and O–H groups in total. The monoisotopic (exact) mass is 232 g/mol. The van der Waals surface area contributed by atoms with E-state index in [9.17, 15) is 0 Å². The van der Waals surface area contributed by atoms with Crippen LogP contribution in [0.2, 0.25) is 0 Å². The van der Waals surface area contributed by atoms with Gasteiger partial charge in [-0.1, -0.05) is 72.8 Å². The molecule has 1 aliphatic rings. The number of rotatable bonds is 2. The Bertz CT molecular complexity index is 518. The SMILES string of the molecule is C1=C(c2ccccc2)CCC(c2ccccc2)=C1. The van der Waals surface area contributed by atoms with Gasteiger partial charge in [0.25, 0.3) is 0 Å². The zero-order chi connectivity index (χ0) is 12.2. The van der Waals surface area contributed by atoms with Crippen LogP contribution in [0.1, 0.15) is 24.0 Å². The van der Waals surface area contributed by atoms with Crippen LogP contribution in [0.5, 0.6) is 0 Å². The summed E-state index contributed by atoms with van der Waals surface area (Å²) in [7, 11) is 0. The van der Waals surface area contributed by atoms with Crippen molar-refractivity contribution in [3.63, 3.8) is 0 Å². The molecule has 0 amide bonds. The Kier molecular flexibility index (Phi) is 3.10. The van der Waals surface area contributed by atoms with Crippen molar-refractivity contribution < 1.29 is 0 Å². The molecule has 0 saturated carbocycles. The maximum absolute atomic E-state index is 2.27. The molecule has 0 aliphatic heterocycles. The molecule has 2 aromatic carbocycles. The van der Waals surface area contributed by atoms with Gasteiger partial charge in [-0.15, -0.1) is 0 Å². The number of hydrogen-bond acceptors (Lipinski definition) is 0. The Morgan fingerprint density at radius 1 is 0.500 bits per heavy atom. The zero-order valence-electron chi connectivity index (χ0n) is 10.3. The number of allylic oxidation sites excluding steroid dienone is 4. The zero-order valence-corrected chi connectivity index (χ0v) is 10.3. The molecule has 0 aromatic heterocycles. The van der Waals surface area contributed by atoms with E-state index < -0.39 is 0 Å². The van der Waals surface area contributed by atoms with Gasteiger partial charge in [-0.2, -0.15) is 0 Å². The summed E-state index contributed by atoms with van der Waals surface area (Å²) >= 11 is 0. The normalized spacial score (nSPS) is 14.9. The highest BCUT2D eigenvalue weighted by molar-refractivity contribution is 5.77. The van der Waals surface area contributed by atoms with Crippen LogP contribution in [0.4, 0.5) is 0 Å². The lowest BCUT2D eigenvalue weighted by Crippen LogP contribution is -1.93. The molecule has 0 nitrogen and oxygen atoms in total. The lowest BCUT2D eigenvalue weighted by atomic mass is 9.90.